The molecule has 2 aromatic heterocycles. The van der Waals surface area contributed by atoms with Gasteiger partial charge in [-0.1, -0.05) is 24.3 Å². The van der Waals surface area contributed by atoms with Crippen LogP contribution >= 0.6 is 0 Å². The van der Waals surface area contributed by atoms with E-state index < -0.39 is 10.1 Å². The van der Waals surface area contributed by atoms with Crippen LogP contribution in [0.25, 0.3) is 12.2 Å². The molecule has 2 aliphatic heterocycles. The summed E-state index contributed by atoms with van der Waals surface area (Å²) >= 11 is 0. The van der Waals surface area contributed by atoms with Crippen molar-refractivity contribution in [2.75, 3.05) is 117 Å². The van der Waals surface area contributed by atoms with Gasteiger partial charge in [0.2, 0.25) is 29.7 Å². The number of benzene rings is 2. The fraction of sp³-hybridized carbons (Fsp3) is 0.500. The van der Waals surface area contributed by atoms with Gasteiger partial charge in [0, 0.05) is 96.5 Å². The Hall–Kier alpha value is -5.13. The molecule has 330 valence electrons. The molecule has 0 atom stereocenters. The van der Waals surface area contributed by atoms with Crippen LogP contribution in [0.5, 0.6) is 0 Å². The van der Waals surface area contributed by atoms with Crippen molar-refractivity contribution in [3.05, 3.63) is 58.9 Å². The van der Waals surface area contributed by atoms with Gasteiger partial charge in [-0.25, -0.2) is 0 Å². The number of hydrogen-bond acceptors (Lipinski definition) is 19. The SMILES string of the molecule is Cc1cc(Nc2nc(N(CCO)CCO)nc(N3CCNCC3)n2)ccc1/C=C/c1ccc(Nc2nc(CCC(CCO)CCO)nc(N3CCNCC3)n2)cc1S(=O)(=O)O. The molecule has 0 radical (unpaired) electrons. The summed E-state index contributed by atoms with van der Waals surface area (Å²) in [5.74, 6) is 2.44. The van der Waals surface area contributed by atoms with Gasteiger partial charge < -0.3 is 56.4 Å². The third-order valence-electron chi connectivity index (χ3n) is 10.5. The second-order valence-corrected chi connectivity index (χ2v) is 16.2. The number of aryl methyl sites for hydroxylation is 2. The Balaban J connectivity index is 1.21. The minimum Gasteiger partial charge on any atom is -0.396 e. The quantitative estimate of drug-likeness (QED) is 0.0421. The summed E-state index contributed by atoms with van der Waals surface area (Å²) in [4.78, 5) is 33.5. The van der Waals surface area contributed by atoms with E-state index in [0.717, 1.165) is 37.3 Å². The highest BCUT2D eigenvalue weighted by atomic mass is 32.2. The van der Waals surface area contributed by atoms with Crippen LogP contribution < -0.4 is 36.0 Å². The van der Waals surface area contributed by atoms with Crippen LogP contribution in [0, 0.1) is 12.8 Å². The molecule has 61 heavy (non-hydrogen) atoms. The number of aromatic nitrogens is 6. The first kappa shape index (κ1) is 45.4. The van der Waals surface area contributed by atoms with E-state index in [1.807, 2.05) is 25.1 Å². The lowest BCUT2D eigenvalue weighted by molar-refractivity contribution is 0.210. The maximum atomic E-state index is 12.7. The average molecular weight is 864 g/mol. The lowest BCUT2D eigenvalue weighted by Gasteiger charge is -2.29. The van der Waals surface area contributed by atoms with Crippen molar-refractivity contribution < 1.29 is 33.4 Å². The smallest absolute Gasteiger partial charge is 0.295 e. The lowest BCUT2D eigenvalue weighted by Crippen LogP contribution is -2.44. The fourth-order valence-electron chi connectivity index (χ4n) is 7.17. The highest BCUT2D eigenvalue weighted by Gasteiger charge is 2.21. The fourth-order valence-corrected chi connectivity index (χ4v) is 7.88. The predicted octanol–water partition coefficient (Wildman–Crippen LogP) is 1.19. The van der Waals surface area contributed by atoms with Gasteiger partial charge in [-0.05, 0) is 73.1 Å². The van der Waals surface area contributed by atoms with E-state index in [0.29, 0.717) is 92.9 Å². The molecule has 0 saturated carbocycles. The van der Waals surface area contributed by atoms with E-state index in [2.05, 4.69) is 56.0 Å². The van der Waals surface area contributed by atoms with Crippen LogP contribution in [-0.4, -0.2) is 155 Å². The molecule has 20 nitrogen and oxygen atoms in total. The van der Waals surface area contributed by atoms with Gasteiger partial charge >= 0.3 is 0 Å². The van der Waals surface area contributed by atoms with Gasteiger partial charge in [0.05, 0.1) is 13.2 Å². The second-order valence-electron chi connectivity index (χ2n) is 14.9. The van der Waals surface area contributed by atoms with Crippen molar-refractivity contribution in [3.8, 4) is 0 Å². The molecule has 2 aromatic carbocycles. The normalized spacial score (nSPS) is 14.9. The van der Waals surface area contributed by atoms with Gasteiger partial charge in [0.1, 0.15) is 10.7 Å². The Morgan fingerprint density at radius 1 is 0.705 bits per heavy atom. The number of hydrogen-bond donors (Lipinski definition) is 9. The van der Waals surface area contributed by atoms with Gasteiger partial charge in [0.25, 0.3) is 10.1 Å². The first-order valence-electron chi connectivity index (χ1n) is 20.6. The molecule has 0 bridgehead atoms. The summed E-state index contributed by atoms with van der Waals surface area (Å²) in [5, 5.41) is 51.3. The Kier molecular flexibility index (Phi) is 16.5. The van der Waals surface area contributed by atoms with Crippen molar-refractivity contribution in [1.82, 2.24) is 40.5 Å². The van der Waals surface area contributed by atoms with Crippen molar-refractivity contribution in [2.45, 2.75) is 37.5 Å². The molecular formula is C40H57N13O7S. The third-order valence-corrected chi connectivity index (χ3v) is 11.4. The maximum absolute atomic E-state index is 12.7. The van der Waals surface area contributed by atoms with Gasteiger partial charge in [-0.2, -0.15) is 38.3 Å². The van der Waals surface area contributed by atoms with E-state index in [1.54, 1.807) is 29.2 Å². The molecule has 4 aromatic rings. The van der Waals surface area contributed by atoms with Crippen LogP contribution in [-0.2, 0) is 16.5 Å². The Labute approximate surface area is 356 Å². The number of nitrogens with one attached hydrogen (secondary N) is 4. The minimum absolute atomic E-state index is 0.0217. The van der Waals surface area contributed by atoms with Crippen LogP contribution in [0.15, 0.2) is 41.3 Å². The highest BCUT2D eigenvalue weighted by Crippen LogP contribution is 2.28. The first-order valence-corrected chi connectivity index (χ1v) is 22.1. The predicted molar refractivity (Wildman–Crippen MR) is 234 cm³/mol. The zero-order valence-electron chi connectivity index (χ0n) is 34.4. The average Bonchev–Trinajstić information content (AvgIpc) is 3.26. The van der Waals surface area contributed by atoms with Crippen LogP contribution in [0.3, 0.4) is 0 Å². The first-order chi connectivity index (χ1) is 29.6. The van der Waals surface area contributed by atoms with Gasteiger partial charge in [0.15, 0.2) is 0 Å². The minimum atomic E-state index is -4.66. The van der Waals surface area contributed by atoms with E-state index in [1.165, 1.54) is 6.07 Å². The van der Waals surface area contributed by atoms with E-state index in [9.17, 15) is 33.4 Å². The van der Waals surface area contributed by atoms with Crippen LogP contribution in [0.4, 0.5) is 41.1 Å². The summed E-state index contributed by atoms with van der Waals surface area (Å²) in [6.45, 7) is 8.06. The lowest BCUT2D eigenvalue weighted by atomic mass is 9.96. The van der Waals surface area contributed by atoms with Crippen molar-refractivity contribution in [3.63, 3.8) is 0 Å². The zero-order valence-corrected chi connectivity index (χ0v) is 35.2. The monoisotopic (exact) mass is 863 g/mol. The summed E-state index contributed by atoms with van der Waals surface area (Å²) < 4.78 is 35.8. The topological polar surface area (TPSA) is 270 Å². The van der Waals surface area contributed by atoms with E-state index in [-0.39, 0.29) is 61.8 Å². The second kappa shape index (κ2) is 22.1. The maximum Gasteiger partial charge on any atom is 0.295 e. The molecule has 2 saturated heterocycles. The number of aliphatic hydroxyl groups is 4. The molecule has 21 heteroatoms. The summed E-state index contributed by atoms with van der Waals surface area (Å²) in [6.07, 6.45) is 5.65. The molecule has 4 heterocycles. The third kappa shape index (κ3) is 12.9. The largest absolute Gasteiger partial charge is 0.396 e. The highest BCUT2D eigenvalue weighted by molar-refractivity contribution is 7.86. The summed E-state index contributed by atoms with van der Waals surface area (Å²) in [6, 6.07) is 10.2. The molecule has 0 aliphatic carbocycles. The molecule has 0 spiro atoms. The molecule has 9 N–H and O–H groups in total. The van der Waals surface area contributed by atoms with Crippen LogP contribution in [0.1, 0.15) is 41.8 Å². The number of piperazine rings is 2. The summed E-state index contributed by atoms with van der Waals surface area (Å²) in [7, 11) is -4.66. The Morgan fingerprint density at radius 2 is 1.25 bits per heavy atom. The van der Waals surface area contributed by atoms with Crippen molar-refractivity contribution >= 4 is 63.4 Å². The molecule has 2 aliphatic rings. The molecule has 0 unspecified atom stereocenters. The van der Waals surface area contributed by atoms with Gasteiger partial charge in [-0.15, -0.1) is 0 Å². The molecule has 6 rings (SSSR count). The van der Waals surface area contributed by atoms with Crippen molar-refractivity contribution in [1.29, 1.82) is 0 Å². The van der Waals surface area contributed by atoms with Gasteiger partial charge in [-0.3, -0.25) is 4.55 Å². The zero-order chi connectivity index (χ0) is 43.2. The molecular weight excluding hydrogens is 807 g/mol. The van der Waals surface area contributed by atoms with Crippen molar-refractivity contribution in [2.24, 2.45) is 5.92 Å². The number of anilines is 7. The standard InChI is InChI=1S/C40H57N13O7S/c1-28-26-32(43-37-48-39(52-18-14-42-15-19-52)50-40(49-37)53(20-24-56)21-25-57)7-5-30(28)3-4-31-6-8-33(27-34(31)61(58,59)60)44-36-45-35(9-2-29(10-22-54)11-23-55)46-38(47-36)51-16-12-41-13-17-51/h3-8,26-27,29,41-42,54-57H,2,9-25H2,1H3,(H,58,59,60)(H,43,48,49,50)(H,44,45,46,47)/b4-3+. The van der Waals surface area contributed by atoms with E-state index >= 15 is 0 Å². The van der Waals surface area contributed by atoms with Crippen LogP contribution in [0.2, 0.25) is 0 Å². The number of nitrogens with zero attached hydrogens (tertiary/aromatic N) is 9. The summed E-state index contributed by atoms with van der Waals surface area (Å²) in [5.41, 5.74) is 2.95. The number of rotatable bonds is 21. The Bertz CT molecular complexity index is 2180. The molecule has 0 amide bonds. The Morgan fingerprint density at radius 3 is 1.80 bits per heavy atom. The van der Waals surface area contributed by atoms with E-state index in [4.69, 9.17) is 4.98 Å². The number of aliphatic hydroxyl groups excluding tert-OH is 4. The molecule has 2 fully saturated rings.